The smallest absolute Gasteiger partial charge is 0.00134 e. The van der Waals surface area contributed by atoms with E-state index in [-0.39, 0.29) is 0 Å². The van der Waals surface area contributed by atoms with Crippen LogP contribution in [-0.4, -0.2) is 6.04 Å². The van der Waals surface area contributed by atoms with Gasteiger partial charge in [-0.1, -0.05) is 19.1 Å². The monoisotopic (exact) mass is 127 g/mol. The van der Waals surface area contributed by atoms with E-state index in [1.165, 1.54) is 0 Å². The Morgan fingerprint density at radius 1 is 1.44 bits per heavy atom. The molecule has 0 aliphatic carbocycles. The van der Waals surface area contributed by atoms with Crippen LogP contribution in [0.3, 0.4) is 0 Å². The van der Waals surface area contributed by atoms with Crippen molar-refractivity contribution in [2.45, 2.75) is 39.2 Å². The second-order valence-corrected chi connectivity index (χ2v) is 2.43. The van der Waals surface area contributed by atoms with Gasteiger partial charge in [-0.15, -0.1) is 0 Å². The zero-order valence-corrected chi connectivity index (χ0v) is 6.43. The van der Waals surface area contributed by atoms with Crippen LogP contribution in [-0.2, 0) is 0 Å². The minimum atomic E-state index is 0.353. The molecule has 1 atom stereocenters. The van der Waals surface area contributed by atoms with E-state index < -0.39 is 0 Å². The van der Waals surface area contributed by atoms with Crippen LogP contribution in [0, 0.1) is 0 Å². The fraction of sp³-hybridized carbons (Fsp3) is 0.750. The van der Waals surface area contributed by atoms with Gasteiger partial charge in [-0.25, -0.2) is 0 Å². The Balaban J connectivity index is 2.99. The molecule has 2 N–H and O–H groups in total. The molecule has 0 aromatic rings. The SMILES string of the molecule is CC/C=C/CC[C@@H](C)N. The van der Waals surface area contributed by atoms with Crippen molar-refractivity contribution in [2.24, 2.45) is 5.73 Å². The fourth-order valence-corrected chi connectivity index (χ4v) is 0.644. The maximum atomic E-state index is 5.54. The van der Waals surface area contributed by atoms with Gasteiger partial charge in [-0.05, 0) is 26.2 Å². The zero-order chi connectivity index (χ0) is 7.11. The first-order valence-electron chi connectivity index (χ1n) is 3.68. The summed E-state index contributed by atoms with van der Waals surface area (Å²) >= 11 is 0. The number of hydrogen-bond donors (Lipinski definition) is 1. The summed E-state index contributed by atoms with van der Waals surface area (Å²) in [5, 5.41) is 0. The molecule has 1 heteroatoms. The summed E-state index contributed by atoms with van der Waals surface area (Å²) in [5.41, 5.74) is 5.54. The molecule has 0 bridgehead atoms. The Kier molecular flexibility index (Phi) is 5.64. The predicted molar refractivity (Wildman–Crippen MR) is 42.3 cm³/mol. The Bertz CT molecular complexity index is 74.6. The number of allylic oxidation sites excluding steroid dienone is 2. The van der Waals surface area contributed by atoms with E-state index in [2.05, 4.69) is 19.1 Å². The highest BCUT2D eigenvalue weighted by Gasteiger charge is 1.88. The molecule has 0 heterocycles. The third kappa shape index (κ3) is 7.70. The van der Waals surface area contributed by atoms with Gasteiger partial charge in [0.2, 0.25) is 0 Å². The summed E-state index contributed by atoms with van der Waals surface area (Å²) in [6.45, 7) is 4.18. The molecule has 0 unspecified atom stereocenters. The molecule has 0 rings (SSSR count). The van der Waals surface area contributed by atoms with Gasteiger partial charge in [0.25, 0.3) is 0 Å². The van der Waals surface area contributed by atoms with Crippen molar-refractivity contribution in [3.63, 3.8) is 0 Å². The highest BCUT2D eigenvalue weighted by molar-refractivity contribution is 4.80. The van der Waals surface area contributed by atoms with Gasteiger partial charge in [-0.2, -0.15) is 0 Å². The second-order valence-electron chi connectivity index (χ2n) is 2.43. The first kappa shape index (κ1) is 8.70. The average molecular weight is 127 g/mol. The van der Waals surface area contributed by atoms with Gasteiger partial charge >= 0.3 is 0 Å². The lowest BCUT2D eigenvalue weighted by Crippen LogP contribution is -2.13. The third-order valence-electron chi connectivity index (χ3n) is 1.19. The molecule has 0 radical (unpaired) electrons. The van der Waals surface area contributed by atoms with Gasteiger partial charge in [0, 0.05) is 6.04 Å². The van der Waals surface area contributed by atoms with Crippen LogP contribution in [0.15, 0.2) is 12.2 Å². The lowest BCUT2D eigenvalue weighted by molar-refractivity contribution is 0.675. The van der Waals surface area contributed by atoms with Crippen LogP contribution >= 0.6 is 0 Å². The van der Waals surface area contributed by atoms with Crippen LogP contribution in [0.5, 0.6) is 0 Å². The van der Waals surface area contributed by atoms with Crippen LogP contribution < -0.4 is 5.73 Å². The van der Waals surface area contributed by atoms with Gasteiger partial charge in [-0.3, -0.25) is 0 Å². The summed E-state index contributed by atoms with van der Waals surface area (Å²) < 4.78 is 0. The standard InChI is InChI=1S/C8H17N/c1-3-4-5-6-7-8(2)9/h4-5,8H,3,6-7,9H2,1-2H3/b5-4+/t8-/m1/s1. The summed E-state index contributed by atoms with van der Waals surface area (Å²) in [7, 11) is 0. The predicted octanol–water partition coefficient (Wildman–Crippen LogP) is 2.08. The van der Waals surface area contributed by atoms with Gasteiger partial charge in [0.05, 0.1) is 0 Å². The van der Waals surface area contributed by atoms with E-state index in [4.69, 9.17) is 5.73 Å². The molecule has 1 nitrogen and oxygen atoms in total. The normalized spacial score (nSPS) is 14.6. The van der Waals surface area contributed by atoms with E-state index >= 15 is 0 Å². The minimum Gasteiger partial charge on any atom is -0.328 e. The molecule has 0 aromatic carbocycles. The Labute approximate surface area is 57.9 Å². The summed E-state index contributed by atoms with van der Waals surface area (Å²) in [6, 6.07) is 0.353. The molecule has 0 aromatic heterocycles. The Morgan fingerprint density at radius 3 is 2.56 bits per heavy atom. The van der Waals surface area contributed by atoms with Crippen molar-refractivity contribution in [1.82, 2.24) is 0 Å². The molecule has 9 heavy (non-hydrogen) atoms. The number of rotatable bonds is 4. The Hall–Kier alpha value is -0.300. The highest BCUT2D eigenvalue weighted by Crippen LogP contribution is 1.94. The molecule has 0 spiro atoms. The van der Waals surface area contributed by atoms with Crippen molar-refractivity contribution in [2.75, 3.05) is 0 Å². The average Bonchev–Trinajstić information content (AvgIpc) is 1.80. The largest absolute Gasteiger partial charge is 0.328 e. The lowest BCUT2D eigenvalue weighted by atomic mass is 10.2. The van der Waals surface area contributed by atoms with Crippen molar-refractivity contribution in [1.29, 1.82) is 0 Å². The first-order valence-corrected chi connectivity index (χ1v) is 3.68. The summed E-state index contributed by atoms with van der Waals surface area (Å²) in [4.78, 5) is 0. The molecular formula is C8H17N. The number of hydrogen-bond acceptors (Lipinski definition) is 1. The van der Waals surface area contributed by atoms with Gasteiger partial charge in [0.15, 0.2) is 0 Å². The topological polar surface area (TPSA) is 26.0 Å². The van der Waals surface area contributed by atoms with E-state index in [9.17, 15) is 0 Å². The first-order chi connectivity index (χ1) is 4.27. The quantitative estimate of drug-likeness (QED) is 0.575. The summed E-state index contributed by atoms with van der Waals surface area (Å²) in [6.07, 6.45) is 7.76. The third-order valence-corrected chi connectivity index (χ3v) is 1.19. The van der Waals surface area contributed by atoms with E-state index in [1.807, 2.05) is 6.92 Å². The molecule has 0 aliphatic rings. The van der Waals surface area contributed by atoms with Crippen molar-refractivity contribution >= 4 is 0 Å². The van der Waals surface area contributed by atoms with Crippen molar-refractivity contribution < 1.29 is 0 Å². The maximum absolute atomic E-state index is 5.54. The van der Waals surface area contributed by atoms with E-state index in [0.29, 0.717) is 6.04 Å². The van der Waals surface area contributed by atoms with Crippen LogP contribution in [0.25, 0.3) is 0 Å². The lowest BCUT2D eigenvalue weighted by Gasteiger charge is -1.98. The molecule has 0 aliphatic heterocycles. The van der Waals surface area contributed by atoms with Crippen LogP contribution in [0.2, 0.25) is 0 Å². The maximum Gasteiger partial charge on any atom is 0.00134 e. The molecule has 0 amide bonds. The van der Waals surface area contributed by atoms with Crippen molar-refractivity contribution in [3.8, 4) is 0 Å². The highest BCUT2D eigenvalue weighted by atomic mass is 14.6. The molecule has 54 valence electrons. The van der Waals surface area contributed by atoms with Crippen LogP contribution in [0.4, 0.5) is 0 Å². The van der Waals surface area contributed by atoms with E-state index in [0.717, 1.165) is 19.3 Å². The molecule has 0 saturated heterocycles. The van der Waals surface area contributed by atoms with Crippen LogP contribution in [0.1, 0.15) is 33.1 Å². The van der Waals surface area contributed by atoms with Crippen molar-refractivity contribution in [3.05, 3.63) is 12.2 Å². The van der Waals surface area contributed by atoms with E-state index in [1.54, 1.807) is 0 Å². The molecule has 0 saturated carbocycles. The van der Waals surface area contributed by atoms with Gasteiger partial charge in [0.1, 0.15) is 0 Å². The fourth-order valence-electron chi connectivity index (χ4n) is 0.644. The molecular weight excluding hydrogens is 110 g/mol. The summed E-state index contributed by atoms with van der Waals surface area (Å²) in [5.74, 6) is 0. The Morgan fingerprint density at radius 2 is 2.11 bits per heavy atom. The molecule has 0 fully saturated rings. The zero-order valence-electron chi connectivity index (χ0n) is 6.43. The minimum absolute atomic E-state index is 0.353. The van der Waals surface area contributed by atoms with Gasteiger partial charge < -0.3 is 5.73 Å². The number of nitrogens with two attached hydrogens (primary N) is 1. The second kappa shape index (κ2) is 5.83.